The molecular formula is C26H29N3O4S. The van der Waals surface area contributed by atoms with E-state index in [9.17, 15) is 18.0 Å². The molecule has 0 saturated heterocycles. The van der Waals surface area contributed by atoms with Gasteiger partial charge in [0.1, 0.15) is 6.04 Å². The molecule has 1 unspecified atom stereocenters. The standard InChI is InChI=1S/C26H29N3O4S/c1-3-4-13-23(29-26(31)28-20-10-6-5-7-11-20)25(30)27-21-17-15-19(16-18-21)22-12-8-9-14-24(22)34(2,32)33/h5-12,14-18,23H,3-4,13H2,1-2H3,(H,27,30)(H2,28,29,31). The van der Waals surface area contributed by atoms with Crippen molar-refractivity contribution >= 4 is 33.2 Å². The van der Waals surface area contributed by atoms with Gasteiger partial charge in [0.15, 0.2) is 9.84 Å². The average molecular weight is 480 g/mol. The third-order valence-corrected chi connectivity index (χ3v) is 6.40. The van der Waals surface area contributed by atoms with Gasteiger partial charge in [-0.3, -0.25) is 4.79 Å². The number of amides is 3. The summed E-state index contributed by atoms with van der Waals surface area (Å²) < 4.78 is 24.2. The first-order valence-electron chi connectivity index (χ1n) is 11.1. The lowest BCUT2D eigenvalue weighted by Gasteiger charge is -2.19. The highest BCUT2D eigenvalue weighted by atomic mass is 32.2. The molecule has 0 aliphatic heterocycles. The van der Waals surface area contributed by atoms with E-state index in [0.29, 0.717) is 23.4 Å². The molecule has 1 atom stereocenters. The topological polar surface area (TPSA) is 104 Å². The van der Waals surface area contributed by atoms with Gasteiger partial charge in [-0.2, -0.15) is 0 Å². The maximum atomic E-state index is 12.9. The van der Waals surface area contributed by atoms with Crippen molar-refractivity contribution in [3.05, 3.63) is 78.9 Å². The minimum atomic E-state index is -3.38. The largest absolute Gasteiger partial charge is 0.326 e. The monoisotopic (exact) mass is 479 g/mol. The summed E-state index contributed by atoms with van der Waals surface area (Å²) in [7, 11) is -3.38. The number of anilines is 2. The summed E-state index contributed by atoms with van der Waals surface area (Å²) in [5.74, 6) is -0.319. The van der Waals surface area contributed by atoms with E-state index in [4.69, 9.17) is 0 Å². The number of rotatable bonds is 9. The first kappa shape index (κ1) is 25.0. The Labute approximate surface area is 200 Å². The highest BCUT2D eigenvalue weighted by Crippen LogP contribution is 2.28. The molecule has 0 aliphatic rings. The summed E-state index contributed by atoms with van der Waals surface area (Å²) in [6.45, 7) is 2.02. The van der Waals surface area contributed by atoms with Gasteiger partial charge in [0, 0.05) is 23.2 Å². The number of carbonyl (C=O) groups excluding carboxylic acids is 2. The minimum absolute atomic E-state index is 0.250. The van der Waals surface area contributed by atoms with E-state index in [1.54, 1.807) is 60.7 Å². The number of para-hydroxylation sites is 1. The molecule has 3 amide bonds. The molecule has 178 valence electrons. The first-order chi connectivity index (χ1) is 16.3. The summed E-state index contributed by atoms with van der Waals surface area (Å²) >= 11 is 0. The Morgan fingerprint density at radius 2 is 1.44 bits per heavy atom. The Morgan fingerprint density at radius 1 is 0.824 bits per heavy atom. The number of unbranched alkanes of at least 4 members (excludes halogenated alkanes) is 1. The minimum Gasteiger partial charge on any atom is -0.326 e. The van der Waals surface area contributed by atoms with Crippen LogP contribution in [-0.4, -0.2) is 32.7 Å². The summed E-state index contributed by atoms with van der Waals surface area (Å²) in [5, 5.41) is 8.33. The lowest BCUT2D eigenvalue weighted by Crippen LogP contribution is -2.45. The second-order valence-electron chi connectivity index (χ2n) is 7.99. The van der Waals surface area contributed by atoms with Gasteiger partial charge in [-0.25, -0.2) is 13.2 Å². The normalized spacial score (nSPS) is 11.9. The molecule has 0 radical (unpaired) electrons. The molecule has 0 bridgehead atoms. The van der Waals surface area contributed by atoms with E-state index >= 15 is 0 Å². The molecule has 8 heteroatoms. The number of nitrogens with one attached hydrogen (secondary N) is 3. The van der Waals surface area contributed by atoms with Gasteiger partial charge < -0.3 is 16.0 Å². The number of sulfone groups is 1. The third kappa shape index (κ3) is 6.92. The second-order valence-corrected chi connectivity index (χ2v) is 9.98. The predicted octanol–water partition coefficient (Wildman–Crippen LogP) is 5.08. The van der Waals surface area contributed by atoms with Crippen LogP contribution in [0.4, 0.5) is 16.2 Å². The first-order valence-corrected chi connectivity index (χ1v) is 13.0. The molecular weight excluding hydrogens is 450 g/mol. The van der Waals surface area contributed by atoms with Crippen molar-refractivity contribution in [3.8, 4) is 11.1 Å². The second kappa shape index (κ2) is 11.5. The van der Waals surface area contributed by atoms with Crippen LogP contribution in [0.2, 0.25) is 0 Å². The smallest absolute Gasteiger partial charge is 0.319 e. The van der Waals surface area contributed by atoms with Gasteiger partial charge in [-0.1, -0.05) is 68.3 Å². The van der Waals surface area contributed by atoms with E-state index in [-0.39, 0.29) is 10.8 Å². The van der Waals surface area contributed by atoms with Crippen LogP contribution in [-0.2, 0) is 14.6 Å². The van der Waals surface area contributed by atoms with Gasteiger partial charge in [-0.15, -0.1) is 0 Å². The quantitative estimate of drug-likeness (QED) is 0.398. The molecule has 3 rings (SSSR count). The SMILES string of the molecule is CCCCC(NC(=O)Nc1ccccc1)C(=O)Nc1ccc(-c2ccccc2S(C)(=O)=O)cc1. The summed E-state index contributed by atoms with van der Waals surface area (Å²) in [5.41, 5.74) is 2.52. The molecule has 0 saturated carbocycles. The number of benzene rings is 3. The van der Waals surface area contributed by atoms with Gasteiger partial charge >= 0.3 is 6.03 Å². The molecule has 0 heterocycles. The molecule has 3 N–H and O–H groups in total. The Kier molecular flexibility index (Phi) is 8.43. The number of urea groups is 1. The molecule has 0 spiro atoms. The predicted molar refractivity (Wildman–Crippen MR) is 136 cm³/mol. The van der Waals surface area contributed by atoms with Crippen LogP contribution in [0.1, 0.15) is 26.2 Å². The zero-order valence-corrected chi connectivity index (χ0v) is 20.1. The van der Waals surface area contributed by atoms with Crippen molar-refractivity contribution < 1.29 is 18.0 Å². The molecule has 0 aromatic heterocycles. The Hall–Kier alpha value is -3.65. The van der Waals surface area contributed by atoms with Gasteiger partial charge in [0.25, 0.3) is 0 Å². The molecule has 0 fully saturated rings. The van der Waals surface area contributed by atoms with Crippen LogP contribution in [0.15, 0.2) is 83.8 Å². The lowest BCUT2D eigenvalue weighted by molar-refractivity contribution is -0.118. The van der Waals surface area contributed by atoms with Crippen molar-refractivity contribution in [2.75, 3.05) is 16.9 Å². The summed E-state index contributed by atoms with van der Waals surface area (Å²) in [6.07, 6.45) is 3.35. The highest BCUT2D eigenvalue weighted by Gasteiger charge is 2.21. The highest BCUT2D eigenvalue weighted by molar-refractivity contribution is 7.90. The van der Waals surface area contributed by atoms with Crippen LogP contribution < -0.4 is 16.0 Å². The third-order valence-electron chi connectivity index (χ3n) is 5.25. The molecule has 0 aliphatic carbocycles. The van der Waals surface area contributed by atoms with E-state index in [2.05, 4.69) is 16.0 Å². The van der Waals surface area contributed by atoms with Crippen molar-refractivity contribution in [2.24, 2.45) is 0 Å². The fourth-order valence-corrected chi connectivity index (χ4v) is 4.43. The Balaban J connectivity index is 1.70. The maximum absolute atomic E-state index is 12.9. The van der Waals surface area contributed by atoms with E-state index in [1.165, 1.54) is 6.26 Å². The summed E-state index contributed by atoms with van der Waals surface area (Å²) in [6, 6.07) is 21.6. The van der Waals surface area contributed by atoms with Crippen LogP contribution in [0, 0.1) is 0 Å². The fourth-order valence-electron chi connectivity index (χ4n) is 3.51. The van der Waals surface area contributed by atoms with Crippen LogP contribution >= 0.6 is 0 Å². The van der Waals surface area contributed by atoms with E-state index in [0.717, 1.165) is 18.4 Å². The van der Waals surface area contributed by atoms with E-state index in [1.807, 2.05) is 25.1 Å². The molecule has 3 aromatic carbocycles. The van der Waals surface area contributed by atoms with Gasteiger partial charge in [0.05, 0.1) is 4.90 Å². The van der Waals surface area contributed by atoms with Crippen LogP contribution in [0.5, 0.6) is 0 Å². The van der Waals surface area contributed by atoms with Crippen molar-refractivity contribution in [2.45, 2.75) is 37.1 Å². The number of hydrogen-bond donors (Lipinski definition) is 3. The molecule has 34 heavy (non-hydrogen) atoms. The lowest BCUT2D eigenvalue weighted by atomic mass is 10.1. The Bertz CT molecular complexity index is 1230. The number of hydrogen-bond acceptors (Lipinski definition) is 4. The zero-order valence-electron chi connectivity index (χ0n) is 19.2. The van der Waals surface area contributed by atoms with Crippen molar-refractivity contribution in [1.29, 1.82) is 0 Å². The average Bonchev–Trinajstić information content (AvgIpc) is 2.82. The van der Waals surface area contributed by atoms with Crippen LogP contribution in [0.3, 0.4) is 0 Å². The van der Waals surface area contributed by atoms with Gasteiger partial charge in [-0.05, 0) is 42.3 Å². The zero-order chi connectivity index (χ0) is 24.6. The maximum Gasteiger partial charge on any atom is 0.319 e. The van der Waals surface area contributed by atoms with Gasteiger partial charge in [0.2, 0.25) is 5.91 Å². The fraction of sp³-hybridized carbons (Fsp3) is 0.231. The van der Waals surface area contributed by atoms with Crippen molar-refractivity contribution in [3.63, 3.8) is 0 Å². The van der Waals surface area contributed by atoms with E-state index < -0.39 is 21.9 Å². The Morgan fingerprint density at radius 3 is 2.09 bits per heavy atom. The number of carbonyl (C=O) groups is 2. The van der Waals surface area contributed by atoms with Crippen LogP contribution in [0.25, 0.3) is 11.1 Å². The van der Waals surface area contributed by atoms with Crippen molar-refractivity contribution in [1.82, 2.24) is 5.32 Å². The molecule has 7 nitrogen and oxygen atoms in total. The summed E-state index contributed by atoms with van der Waals surface area (Å²) in [4.78, 5) is 25.6. The molecule has 3 aromatic rings.